The lowest BCUT2D eigenvalue weighted by Crippen LogP contribution is -2.25. The van der Waals surface area contributed by atoms with Crippen molar-refractivity contribution in [3.05, 3.63) is 83.0 Å². The van der Waals surface area contributed by atoms with Crippen molar-refractivity contribution in [2.75, 3.05) is 5.32 Å². The molecule has 0 atom stereocenters. The lowest BCUT2D eigenvalue weighted by Gasteiger charge is -2.07. The molecule has 0 saturated heterocycles. The van der Waals surface area contributed by atoms with E-state index in [1.165, 1.54) is 23.1 Å². The molecule has 5 aromatic rings. The van der Waals surface area contributed by atoms with Crippen LogP contribution < -0.4 is 10.9 Å². The first kappa shape index (κ1) is 19.8. The Hall–Kier alpha value is -4.11. The first-order chi connectivity index (χ1) is 15.5. The van der Waals surface area contributed by atoms with Crippen LogP contribution in [0.3, 0.4) is 0 Å². The van der Waals surface area contributed by atoms with E-state index in [9.17, 15) is 9.59 Å². The predicted octanol–water partition coefficient (Wildman–Crippen LogP) is 3.71. The predicted molar refractivity (Wildman–Crippen MR) is 125 cm³/mol. The van der Waals surface area contributed by atoms with Crippen LogP contribution in [0.15, 0.2) is 71.8 Å². The number of thiazole rings is 1. The summed E-state index contributed by atoms with van der Waals surface area (Å²) in [7, 11) is 3.44. The number of nitrogens with one attached hydrogen (secondary N) is 1. The van der Waals surface area contributed by atoms with Gasteiger partial charge in [0, 0.05) is 37.4 Å². The van der Waals surface area contributed by atoms with E-state index in [4.69, 9.17) is 4.98 Å². The quantitative estimate of drug-likeness (QED) is 0.458. The average molecular weight is 443 g/mol. The summed E-state index contributed by atoms with van der Waals surface area (Å²) < 4.78 is 3.08. The monoisotopic (exact) mass is 442 g/mol. The molecule has 5 rings (SSSR count). The molecule has 0 fully saturated rings. The molecule has 0 unspecified atom stereocenters. The van der Waals surface area contributed by atoms with Crippen molar-refractivity contribution in [1.29, 1.82) is 0 Å². The second-order valence-corrected chi connectivity index (χ2v) is 8.20. The number of hydrogen-bond donors (Lipinski definition) is 1. The van der Waals surface area contributed by atoms with E-state index in [1.54, 1.807) is 30.5 Å². The minimum absolute atomic E-state index is 0.165. The van der Waals surface area contributed by atoms with Gasteiger partial charge < -0.3 is 4.57 Å². The maximum absolute atomic E-state index is 13.2. The van der Waals surface area contributed by atoms with E-state index in [0.29, 0.717) is 15.9 Å². The summed E-state index contributed by atoms with van der Waals surface area (Å²) >= 11 is 1.34. The highest BCUT2D eigenvalue weighted by Crippen LogP contribution is 2.38. The molecule has 8 nitrogen and oxygen atoms in total. The van der Waals surface area contributed by atoms with Gasteiger partial charge in [-0.15, -0.1) is 0 Å². The Morgan fingerprint density at radius 2 is 1.72 bits per heavy atom. The molecule has 3 heterocycles. The van der Waals surface area contributed by atoms with Crippen molar-refractivity contribution < 1.29 is 4.79 Å². The van der Waals surface area contributed by atoms with Gasteiger partial charge >= 0.3 is 0 Å². The second-order valence-electron chi connectivity index (χ2n) is 7.20. The number of fused-ring (bicyclic) bond motifs is 1. The molecule has 0 bridgehead atoms. The molecule has 0 spiro atoms. The van der Waals surface area contributed by atoms with Crippen LogP contribution in [0.5, 0.6) is 0 Å². The van der Waals surface area contributed by atoms with E-state index in [2.05, 4.69) is 15.4 Å². The van der Waals surface area contributed by atoms with Gasteiger partial charge in [-0.25, -0.2) is 14.6 Å². The largest absolute Gasteiger partial charge is 0.333 e. The highest BCUT2D eigenvalue weighted by atomic mass is 32.1. The SMILES string of the molecule is Cn1ccnc1-c1sc(NC(=O)c2nn(C)c(=O)c3ccccc23)nc1-c1ccccc1. The van der Waals surface area contributed by atoms with Gasteiger partial charge in [0.05, 0.1) is 16.0 Å². The molecule has 1 amide bonds. The molecular formula is C23H18N6O2S. The number of carbonyl (C=O) groups is 1. The van der Waals surface area contributed by atoms with Crippen molar-refractivity contribution in [1.82, 2.24) is 24.3 Å². The summed E-state index contributed by atoms with van der Waals surface area (Å²) in [5, 5.41) is 8.42. The number of carbonyl (C=O) groups excluding carboxylic acids is 1. The molecule has 0 radical (unpaired) electrons. The van der Waals surface area contributed by atoms with Crippen molar-refractivity contribution in [3.63, 3.8) is 0 Å². The third kappa shape index (κ3) is 3.38. The lowest BCUT2D eigenvalue weighted by molar-refractivity contribution is 0.102. The third-order valence-corrected chi connectivity index (χ3v) is 6.06. The zero-order chi connectivity index (χ0) is 22.2. The third-order valence-electron chi connectivity index (χ3n) is 5.09. The number of nitrogens with zero attached hydrogens (tertiary/aromatic N) is 5. The topological polar surface area (TPSA) is 94.7 Å². The van der Waals surface area contributed by atoms with Crippen LogP contribution in [0.1, 0.15) is 10.5 Å². The molecule has 3 aromatic heterocycles. The maximum atomic E-state index is 13.2. The summed E-state index contributed by atoms with van der Waals surface area (Å²) in [5.74, 6) is 0.323. The summed E-state index contributed by atoms with van der Waals surface area (Å²) in [6.07, 6.45) is 3.59. The van der Waals surface area contributed by atoms with Crippen LogP contribution in [0.25, 0.3) is 32.7 Å². The fourth-order valence-corrected chi connectivity index (χ4v) is 4.55. The number of hydrogen-bond acceptors (Lipinski definition) is 6. The Morgan fingerprint density at radius 3 is 2.44 bits per heavy atom. The van der Waals surface area contributed by atoms with Gasteiger partial charge in [0.25, 0.3) is 11.5 Å². The van der Waals surface area contributed by atoms with Crippen LogP contribution in [0.4, 0.5) is 5.13 Å². The van der Waals surface area contributed by atoms with Crippen LogP contribution in [0.2, 0.25) is 0 Å². The Balaban J connectivity index is 1.59. The maximum Gasteiger partial charge on any atom is 0.278 e. The van der Waals surface area contributed by atoms with Crippen LogP contribution in [-0.4, -0.2) is 30.2 Å². The van der Waals surface area contributed by atoms with Crippen molar-refractivity contribution in [3.8, 4) is 22.0 Å². The minimum atomic E-state index is -0.434. The van der Waals surface area contributed by atoms with Crippen LogP contribution >= 0.6 is 11.3 Å². The Labute approximate surface area is 186 Å². The molecular weight excluding hydrogens is 424 g/mol. The summed E-state index contributed by atoms with van der Waals surface area (Å²) in [6, 6.07) is 16.7. The Kier molecular flexibility index (Phi) is 4.87. The number of anilines is 1. The van der Waals surface area contributed by atoms with Crippen molar-refractivity contribution >= 4 is 33.1 Å². The Morgan fingerprint density at radius 1 is 1.00 bits per heavy atom. The summed E-state index contributed by atoms with van der Waals surface area (Å²) in [6.45, 7) is 0. The van der Waals surface area contributed by atoms with Gasteiger partial charge in [0.2, 0.25) is 0 Å². The minimum Gasteiger partial charge on any atom is -0.333 e. The van der Waals surface area contributed by atoms with E-state index in [0.717, 1.165) is 22.0 Å². The lowest BCUT2D eigenvalue weighted by atomic mass is 10.1. The first-order valence-corrected chi connectivity index (χ1v) is 10.7. The molecule has 9 heteroatoms. The van der Waals surface area contributed by atoms with Crippen molar-refractivity contribution in [2.24, 2.45) is 14.1 Å². The number of benzene rings is 2. The van der Waals surface area contributed by atoms with Crippen molar-refractivity contribution in [2.45, 2.75) is 0 Å². The standard InChI is InChI=1S/C23H18N6O2S/c1-28-13-12-24-20(28)19-17(14-8-4-3-5-9-14)25-23(32-19)26-21(30)18-15-10-6-7-11-16(15)22(31)29(2)27-18/h3-13H,1-2H3,(H,25,26,30). The van der Waals surface area contributed by atoms with E-state index < -0.39 is 5.91 Å². The van der Waals surface area contributed by atoms with E-state index in [1.807, 2.05) is 48.1 Å². The number of aromatic nitrogens is 5. The fourth-order valence-electron chi connectivity index (χ4n) is 3.52. The molecule has 2 aromatic carbocycles. The first-order valence-electron chi connectivity index (χ1n) is 9.84. The second kappa shape index (κ2) is 7.86. The van der Waals surface area contributed by atoms with Gasteiger partial charge in [-0.3, -0.25) is 14.9 Å². The Bertz CT molecular complexity index is 1520. The van der Waals surface area contributed by atoms with Gasteiger partial charge in [-0.05, 0) is 6.07 Å². The zero-order valence-corrected chi connectivity index (χ0v) is 18.1. The van der Waals surface area contributed by atoms with E-state index in [-0.39, 0.29) is 11.3 Å². The molecule has 0 aliphatic heterocycles. The highest BCUT2D eigenvalue weighted by molar-refractivity contribution is 7.19. The average Bonchev–Trinajstić information content (AvgIpc) is 3.42. The molecule has 158 valence electrons. The highest BCUT2D eigenvalue weighted by Gasteiger charge is 2.21. The summed E-state index contributed by atoms with van der Waals surface area (Å²) in [4.78, 5) is 35.5. The zero-order valence-electron chi connectivity index (χ0n) is 17.3. The number of aryl methyl sites for hydroxylation is 2. The molecule has 0 saturated carbocycles. The molecule has 1 N–H and O–H groups in total. The summed E-state index contributed by atoms with van der Waals surface area (Å²) in [5.41, 5.74) is 1.57. The smallest absolute Gasteiger partial charge is 0.278 e. The van der Waals surface area contributed by atoms with Gasteiger partial charge in [-0.1, -0.05) is 59.9 Å². The van der Waals surface area contributed by atoms with Gasteiger partial charge in [-0.2, -0.15) is 5.10 Å². The fraction of sp³-hybridized carbons (Fsp3) is 0.0870. The number of rotatable bonds is 4. The normalized spacial score (nSPS) is 11.1. The van der Waals surface area contributed by atoms with E-state index >= 15 is 0 Å². The number of imidazole rings is 1. The van der Waals surface area contributed by atoms with Crippen LogP contribution in [-0.2, 0) is 14.1 Å². The molecule has 32 heavy (non-hydrogen) atoms. The van der Waals surface area contributed by atoms with Crippen LogP contribution in [0, 0.1) is 0 Å². The molecule has 0 aliphatic rings. The number of amides is 1. The van der Waals surface area contributed by atoms with Gasteiger partial charge in [0.15, 0.2) is 16.6 Å². The molecule has 0 aliphatic carbocycles. The van der Waals surface area contributed by atoms with Gasteiger partial charge in [0.1, 0.15) is 0 Å².